The molecule has 1 N–H and O–H groups in total. The van der Waals surface area contributed by atoms with Gasteiger partial charge in [0.2, 0.25) is 0 Å². The van der Waals surface area contributed by atoms with Crippen LogP contribution < -0.4 is 5.32 Å². The summed E-state index contributed by atoms with van der Waals surface area (Å²) in [5.41, 5.74) is 1.06. The van der Waals surface area contributed by atoms with E-state index >= 15 is 0 Å². The zero-order valence-corrected chi connectivity index (χ0v) is 8.56. The number of aromatic nitrogens is 1. The molecule has 0 amide bonds. The number of hydrogen-bond donors (Lipinski definition) is 1. The van der Waals surface area contributed by atoms with Crippen molar-refractivity contribution in [1.29, 1.82) is 0 Å². The van der Waals surface area contributed by atoms with Crippen LogP contribution in [0.5, 0.6) is 0 Å². The summed E-state index contributed by atoms with van der Waals surface area (Å²) in [4.78, 5) is 4.34. The van der Waals surface area contributed by atoms with Crippen molar-refractivity contribution in [2.75, 3.05) is 13.1 Å². The molecule has 3 nitrogen and oxygen atoms in total. The minimum atomic E-state index is 0.391. The van der Waals surface area contributed by atoms with Gasteiger partial charge in [0.15, 0.2) is 0 Å². The SMILES string of the molecule is Cc1nc(CO[C@@H]2CCNC2)cs1. The van der Waals surface area contributed by atoms with Gasteiger partial charge in [0.1, 0.15) is 0 Å². The Morgan fingerprint density at radius 1 is 1.77 bits per heavy atom. The van der Waals surface area contributed by atoms with E-state index in [9.17, 15) is 0 Å². The van der Waals surface area contributed by atoms with Gasteiger partial charge in [-0.15, -0.1) is 11.3 Å². The predicted octanol–water partition coefficient (Wildman–Crippen LogP) is 1.33. The third-order valence-electron chi connectivity index (χ3n) is 2.15. The van der Waals surface area contributed by atoms with Gasteiger partial charge in [0.05, 0.1) is 23.4 Å². The van der Waals surface area contributed by atoms with Gasteiger partial charge in [-0.2, -0.15) is 0 Å². The van der Waals surface area contributed by atoms with Gasteiger partial charge in [-0.05, 0) is 19.9 Å². The second-order valence-corrected chi connectivity index (χ2v) is 4.35. The van der Waals surface area contributed by atoms with Crippen LogP contribution in [0.4, 0.5) is 0 Å². The number of nitrogens with one attached hydrogen (secondary N) is 1. The lowest BCUT2D eigenvalue weighted by Gasteiger charge is -2.07. The van der Waals surface area contributed by atoms with Crippen molar-refractivity contribution < 1.29 is 4.74 Å². The van der Waals surface area contributed by atoms with Gasteiger partial charge < -0.3 is 10.1 Å². The quantitative estimate of drug-likeness (QED) is 0.795. The maximum atomic E-state index is 5.68. The van der Waals surface area contributed by atoms with Crippen LogP contribution in [0.2, 0.25) is 0 Å². The van der Waals surface area contributed by atoms with E-state index in [1.165, 1.54) is 0 Å². The second-order valence-electron chi connectivity index (χ2n) is 3.28. The highest BCUT2D eigenvalue weighted by atomic mass is 32.1. The lowest BCUT2D eigenvalue weighted by Crippen LogP contribution is -2.16. The van der Waals surface area contributed by atoms with E-state index in [4.69, 9.17) is 4.74 Å². The van der Waals surface area contributed by atoms with E-state index in [-0.39, 0.29) is 0 Å². The molecule has 0 bridgehead atoms. The van der Waals surface area contributed by atoms with E-state index in [0.29, 0.717) is 12.7 Å². The van der Waals surface area contributed by atoms with Crippen LogP contribution in [0, 0.1) is 6.92 Å². The first-order valence-corrected chi connectivity index (χ1v) is 5.46. The molecule has 1 aliphatic rings. The Morgan fingerprint density at radius 2 is 2.69 bits per heavy atom. The van der Waals surface area contributed by atoms with Crippen molar-refractivity contribution in [1.82, 2.24) is 10.3 Å². The molecular weight excluding hydrogens is 184 g/mol. The van der Waals surface area contributed by atoms with Gasteiger partial charge in [0, 0.05) is 11.9 Å². The lowest BCUT2D eigenvalue weighted by atomic mass is 10.3. The lowest BCUT2D eigenvalue weighted by molar-refractivity contribution is 0.0525. The number of nitrogens with zero attached hydrogens (tertiary/aromatic N) is 1. The first-order valence-electron chi connectivity index (χ1n) is 4.58. The molecule has 1 aromatic heterocycles. The molecule has 0 aliphatic carbocycles. The standard InChI is InChI=1S/C9H14N2OS/c1-7-11-8(6-13-7)5-12-9-2-3-10-4-9/h6,9-10H,2-5H2,1H3/t9-/m1/s1. The number of aryl methyl sites for hydroxylation is 1. The monoisotopic (exact) mass is 198 g/mol. The minimum Gasteiger partial charge on any atom is -0.371 e. The molecule has 0 aromatic carbocycles. The Bertz CT molecular complexity index is 268. The summed E-state index contributed by atoms with van der Waals surface area (Å²) >= 11 is 1.68. The molecule has 1 atom stereocenters. The normalized spacial score (nSPS) is 22.4. The summed E-state index contributed by atoms with van der Waals surface area (Å²) in [6.07, 6.45) is 1.52. The molecule has 2 heterocycles. The fourth-order valence-corrected chi connectivity index (χ4v) is 2.05. The highest BCUT2D eigenvalue weighted by molar-refractivity contribution is 7.09. The summed E-state index contributed by atoms with van der Waals surface area (Å²) in [5, 5.41) is 6.45. The van der Waals surface area contributed by atoms with E-state index in [1.54, 1.807) is 11.3 Å². The average Bonchev–Trinajstić information content (AvgIpc) is 2.71. The maximum absolute atomic E-state index is 5.68. The van der Waals surface area contributed by atoms with Crippen LogP contribution in [-0.4, -0.2) is 24.2 Å². The molecule has 13 heavy (non-hydrogen) atoms. The zero-order valence-electron chi connectivity index (χ0n) is 7.75. The van der Waals surface area contributed by atoms with Crippen molar-refractivity contribution in [2.45, 2.75) is 26.1 Å². The first-order chi connectivity index (χ1) is 6.34. The molecule has 1 aromatic rings. The Labute approximate surface area is 82.1 Å². The molecule has 4 heteroatoms. The van der Waals surface area contributed by atoms with Crippen LogP contribution in [-0.2, 0) is 11.3 Å². The van der Waals surface area contributed by atoms with Crippen molar-refractivity contribution in [3.8, 4) is 0 Å². The largest absolute Gasteiger partial charge is 0.371 e. The third-order valence-corrected chi connectivity index (χ3v) is 2.97. The number of thiazole rings is 1. The van der Waals surface area contributed by atoms with Gasteiger partial charge >= 0.3 is 0 Å². The van der Waals surface area contributed by atoms with E-state index in [0.717, 1.165) is 30.2 Å². The summed E-state index contributed by atoms with van der Waals surface area (Å²) in [5.74, 6) is 0. The van der Waals surface area contributed by atoms with Crippen molar-refractivity contribution in [3.63, 3.8) is 0 Å². The molecular formula is C9H14N2OS. The highest BCUT2D eigenvalue weighted by Crippen LogP contribution is 2.11. The van der Waals surface area contributed by atoms with E-state index in [2.05, 4.69) is 15.7 Å². The predicted molar refractivity (Wildman–Crippen MR) is 52.9 cm³/mol. The second kappa shape index (κ2) is 4.17. The molecule has 1 aliphatic heterocycles. The van der Waals surface area contributed by atoms with Crippen molar-refractivity contribution >= 4 is 11.3 Å². The van der Waals surface area contributed by atoms with Crippen molar-refractivity contribution in [2.24, 2.45) is 0 Å². The van der Waals surface area contributed by atoms with Gasteiger partial charge in [0.25, 0.3) is 0 Å². The smallest absolute Gasteiger partial charge is 0.0900 e. The highest BCUT2D eigenvalue weighted by Gasteiger charge is 2.14. The Balaban J connectivity index is 1.78. The summed E-state index contributed by atoms with van der Waals surface area (Å²) in [6.45, 7) is 4.76. The molecule has 2 rings (SSSR count). The van der Waals surface area contributed by atoms with Gasteiger partial charge in [-0.3, -0.25) is 0 Å². The Kier molecular flexibility index (Phi) is 2.93. The first kappa shape index (κ1) is 9.12. The van der Waals surface area contributed by atoms with Crippen LogP contribution in [0.1, 0.15) is 17.1 Å². The third kappa shape index (κ3) is 2.49. The summed E-state index contributed by atoms with van der Waals surface area (Å²) in [7, 11) is 0. The fraction of sp³-hybridized carbons (Fsp3) is 0.667. The molecule has 0 radical (unpaired) electrons. The molecule has 0 saturated carbocycles. The Hall–Kier alpha value is -0.450. The summed E-state index contributed by atoms with van der Waals surface area (Å²) < 4.78 is 5.68. The fourth-order valence-electron chi connectivity index (χ4n) is 1.45. The number of hydrogen-bond acceptors (Lipinski definition) is 4. The van der Waals surface area contributed by atoms with Gasteiger partial charge in [-0.1, -0.05) is 0 Å². The van der Waals surface area contributed by atoms with Crippen LogP contribution in [0.15, 0.2) is 5.38 Å². The van der Waals surface area contributed by atoms with E-state index < -0.39 is 0 Å². The molecule has 0 spiro atoms. The average molecular weight is 198 g/mol. The van der Waals surface area contributed by atoms with Crippen LogP contribution in [0.25, 0.3) is 0 Å². The molecule has 1 saturated heterocycles. The molecule has 72 valence electrons. The van der Waals surface area contributed by atoms with Crippen LogP contribution in [0.3, 0.4) is 0 Å². The number of rotatable bonds is 3. The van der Waals surface area contributed by atoms with Crippen LogP contribution >= 0.6 is 11.3 Å². The van der Waals surface area contributed by atoms with Crippen molar-refractivity contribution in [3.05, 3.63) is 16.1 Å². The number of ether oxygens (including phenoxy) is 1. The zero-order chi connectivity index (χ0) is 9.10. The maximum Gasteiger partial charge on any atom is 0.0900 e. The molecule has 0 unspecified atom stereocenters. The summed E-state index contributed by atoms with van der Waals surface area (Å²) in [6, 6.07) is 0. The topological polar surface area (TPSA) is 34.1 Å². The Morgan fingerprint density at radius 3 is 3.31 bits per heavy atom. The van der Waals surface area contributed by atoms with Gasteiger partial charge in [-0.25, -0.2) is 4.98 Å². The van der Waals surface area contributed by atoms with E-state index in [1.807, 2.05) is 6.92 Å². The molecule has 1 fully saturated rings. The minimum absolute atomic E-state index is 0.391.